The van der Waals surface area contributed by atoms with Crippen molar-refractivity contribution in [3.05, 3.63) is 29.7 Å². The molecule has 1 saturated heterocycles. The summed E-state index contributed by atoms with van der Waals surface area (Å²) in [5.41, 5.74) is 5.60. The van der Waals surface area contributed by atoms with Gasteiger partial charge in [0, 0.05) is 37.3 Å². The van der Waals surface area contributed by atoms with Gasteiger partial charge in [0.2, 0.25) is 0 Å². The lowest BCUT2D eigenvalue weighted by Gasteiger charge is -2.41. The average molecular weight is 443 g/mol. The quantitative estimate of drug-likeness (QED) is 0.580. The molecule has 0 radical (unpaired) electrons. The van der Waals surface area contributed by atoms with Gasteiger partial charge >= 0.3 is 12.1 Å². The van der Waals surface area contributed by atoms with Gasteiger partial charge in [-0.1, -0.05) is 0 Å². The lowest BCUT2D eigenvalue weighted by atomic mass is 9.90. The molecular weight excluding hydrogens is 420 g/mol. The van der Waals surface area contributed by atoms with Crippen LogP contribution in [0.2, 0.25) is 0 Å². The van der Waals surface area contributed by atoms with Crippen molar-refractivity contribution in [2.24, 2.45) is 5.73 Å². The number of hydrogen-bond donors (Lipinski definition) is 1. The zero-order chi connectivity index (χ0) is 22.4. The van der Waals surface area contributed by atoms with Crippen LogP contribution in [0.4, 0.5) is 17.6 Å². The van der Waals surface area contributed by atoms with E-state index in [0.29, 0.717) is 57.0 Å². The lowest BCUT2D eigenvalue weighted by molar-refractivity contribution is -1.10. The molecule has 7 nitrogen and oxygen atoms in total. The van der Waals surface area contributed by atoms with Crippen molar-refractivity contribution in [3.8, 4) is 0 Å². The largest absolute Gasteiger partial charge is 0.497 e. The molecule has 2 N–H and O–H groups in total. The van der Waals surface area contributed by atoms with Crippen LogP contribution in [0.25, 0.3) is 10.9 Å². The number of primary amides is 1. The van der Waals surface area contributed by atoms with E-state index in [4.69, 9.17) is 10.6 Å². The number of likely N-dealkylation sites (tertiary alicyclic amines) is 1. The molecule has 168 valence electrons. The van der Waals surface area contributed by atoms with Crippen molar-refractivity contribution < 1.29 is 36.6 Å². The topological polar surface area (TPSA) is 87.2 Å². The second-order valence-electron chi connectivity index (χ2n) is 8.32. The number of fused-ring (bicyclic) bond motifs is 1. The molecule has 0 spiro atoms. The minimum Gasteiger partial charge on any atom is -0.366 e. The van der Waals surface area contributed by atoms with Gasteiger partial charge in [-0.3, -0.25) is 14.3 Å². The highest BCUT2D eigenvalue weighted by atomic mass is 19.4. The first-order valence-corrected chi connectivity index (χ1v) is 10.2. The highest BCUT2D eigenvalue weighted by Crippen LogP contribution is 2.39. The molecule has 2 fully saturated rings. The molecule has 0 bridgehead atoms. The van der Waals surface area contributed by atoms with Crippen LogP contribution in [0.15, 0.2) is 18.3 Å². The Morgan fingerprint density at radius 1 is 1.16 bits per heavy atom. The third-order valence-corrected chi connectivity index (χ3v) is 6.33. The van der Waals surface area contributed by atoms with Gasteiger partial charge in [0.25, 0.3) is 5.91 Å². The number of nitrogens with zero attached hydrogens (tertiary/aromatic N) is 3. The summed E-state index contributed by atoms with van der Waals surface area (Å²) in [5, 5.41) is 4.86. The van der Waals surface area contributed by atoms with Crippen molar-refractivity contribution in [1.29, 1.82) is 0 Å². The first-order chi connectivity index (χ1) is 14.6. The minimum absolute atomic E-state index is 0.0248. The summed E-state index contributed by atoms with van der Waals surface area (Å²) in [5.74, 6) is -3.57. The fourth-order valence-corrected chi connectivity index (χ4v) is 4.92. The molecule has 2 aromatic rings. The number of aromatic nitrogens is 2. The van der Waals surface area contributed by atoms with Crippen LogP contribution in [-0.2, 0) is 9.63 Å². The number of hydrogen-bond acceptors (Lipinski definition) is 4. The summed E-state index contributed by atoms with van der Waals surface area (Å²) in [7, 11) is 0. The zero-order valence-electron chi connectivity index (χ0n) is 16.7. The van der Waals surface area contributed by atoms with E-state index in [0.717, 1.165) is 6.07 Å². The summed E-state index contributed by atoms with van der Waals surface area (Å²) in [6.07, 6.45) is 0.443. The van der Waals surface area contributed by atoms with Gasteiger partial charge in [-0.05, 0) is 25.0 Å². The number of benzene rings is 1. The molecule has 1 aliphatic carbocycles. The number of quaternary nitrogens is 1. The Kier molecular flexibility index (Phi) is 5.40. The van der Waals surface area contributed by atoms with Crippen molar-refractivity contribution in [3.63, 3.8) is 0 Å². The molecule has 1 aromatic heterocycles. The SMILES string of the molecule is NC(=O)c1cc(F)cc2cn(C3CCCC([N+]4(OC(=O)C(F)(F)F)CCCC4)C3)nc12. The van der Waals surface area contributed by atoms with Crippen LogP contribution >= 0.6 is 0 Å². The highest BCUT2D eigenvalue weighted by Gasteiger charge is 2.53. The van der Waals surface area contributed by atoms with E-state index in [2.05, 4.69) is 5.10 Å². The lowest BCUT2D eigenvalue weighted by Crippen LogP contribution is -2.57. The molecule has 2 unspecified atom stereocenters. The van der Waals surface area contributed by atoms with E-state index in [1.165, 1.54) is 6.07 Å². The summed E-state index contributed by atoms with van der Waals surface area (Å²) >= 11 is 0. The molecule has 31 heavy (non-hydrogen) atoms. The maximum atomic E-state index is 13.9. The highest BCUT2D eigenvalue weighted by molar-refractivity contribution is 6.04. The van der Waals surface area contributed by atoms with Gasteiger partial charge in [-0.2, -0.15) is 18.3 Å². The maximum absolute atomic E-state index is 13.9. The van der Waals surface area contributed by atoms with Gasteiger partial charge < -0.3 is 5.73 Å². The number of rotatable bonds is 4. The van der Waals surface area contributed by atoms with Gasteiger partial charge in [-0.25, -0.2) is 9.18 Å². The van der Waals surface area contributed by atoms with Gasteiger partial charge in [0.05, 0.1) is 11.6 Å². The van der Waals surface area contributed by atoms with Crippen LogP contribution in [0.3, 0.4) is 0 Å². The summed E-state index contributed by atoms with van der Waals surface area (Å²) in [6, 6.07) is 1.81. The van der Waals surface area contributed by atoms with Crippen molar-refractivity contribution in [2.75, 3.05) is 13.1 Å². The number of nitrogens with two attached hydrogens (primary N) is 1. The third-order valence-electron chi connectivity index (χ3n) is 6.33. The van der Waals surface area contributed by atoms with Crippen molar-refractivity contribution >= 4 is 22.8 Å². The molecular formula is C20H23F4N4O3+. The molecule has 1 aromatic carbocycles. The van der Waals surface area contributed by atoms with Crippen molar-refractivity contribution in [2.45, 2.75) is 56.8 Å². The van der Waals surface area contributed by atoms with Crippen LogP contribution in [0.5, 0.6) is 0 Å². The Balaban J connectivity index is 1.61. The van der Waals surface area contributed by atoms with E-state index >= 15 is 0 Å². The maximum Gasteiger partial charge on any atom is 0.497 e. The van der Waals surface area contributed by atoms with Crippen LogP contribution < -0.4 is 5.73 Å². The number of halogens is 4. The number of amides is 1. The third kappa shape index (κ3) is 4.10. The Labute approximate surface area is 175 Å². The number of carbonyl (C=O) groups is 2. The van der Waals surface area contributed by atoms with Crippen LogP contribution in [-0.4, -0.2) is 51.6 Å². The van der Waals surface area contributed by atoms with E-state index in [-0.39, 0.29) is 27.8 Å². The molecule has 2 atom stereocenters. The molecule has 11 heteroatoms. The monoisotopic (exact) mass is 443 g/mol. The van der Waals surface area contributed by atoms with Crippen molar-refractivity contribution in [1.82, 2.24) is 9.78 Å². The number of carbonyl (C=O) groups excluding carboxylic acids is 2. The summed E-state index contributed by atoms with van der Waals surface area (Å²) < 4.78 is 53.8. The average Bonchev–Trinajstić information content (AvgIpc) is 3.34. The van der Waals surface area contributed by atoms with Gasteiger partial charge in [0.1, 0.15) is 30.5 Å². The Bertz CT molecular complexity index is 1010. The molecule has 1 aliphatic heterocycles. The molecule has 4 rings (SSSR count). The fraction of sp³-hybridized carbons (Fsp3) is 0.550. The summed E-state index contributed by atoms with van der Waals surface area (Å²) in [6.45, 7) is 0.689. The second kappa shape index (κ2) is 7.77. The molecule has 2 heterocycles. The van der Waals surface area contributed by atoms with E-state index in [1.54, 1.807) is 10.9 Å². The van der Waals surface area contributed by atoms with Gasteiger partial charge in [-0.15, -0.1) is 4.65 Å². The van der Waals surface area contributed by atoms with Crippen LogP contribution in [0, 0.1) is 5.82 Å². The Hall–Kier alpha value is -2.69. The molecule has 2 aliphatic rings. The minimum atomic E-state index is -5.04. The standard InChI is InChI=1S/C20H22F4N4O3/c21-13-8-12-11-27(26-17(12)16(9-13)18(25)29)14-4-3-5-15(10-14)28(6-1-2-7-28)31-19(30)20(22,23)24/h8-9,11,14-15H,1-7,10H2,(H-,25,29)/p+1. The molecule has 1 amide bonds. The normalized spacial score (nSPS) is 23.7. The number of alkyl halides is 3. The van der Waals surface area contributed by atoms with E-state index in [1.807, 2.05) is 0 Å². The number of hydroxylamine groups is 3. The predicted molar refractivity (Wildman–Crippen MR) is 101 cm³/mol. The van der Waals surface area contributed by atoms with E-state index < -0.39 is 23.9 Å². The van der Waals surface area contributed by atoms with Gasteiger partial charge in [0.15, 0.2) is 0 Å². The van der Waals surface area contributed by atoms with E-state index in [9.17, 15) is 27.2 Å². The Morgan fingerprint density at radius 3 is 2.52 bits per heavy atom. The Morgan fingerprint density at radius 2 is 1.87 bits per heavy atom. The first-order valence-electron chi connectivity index (χ1n) is 10.2. The smallest absolute Gasteiger partial charge is 0.366 e. The fourth-order valence-electron chi connectivity index (χ4n) is 4.92. The summed E-state index contributed by atoms with van der Waals surface area (Å²) in [4.78, 5) is 28.3. The molecule has 1 saturated carbocycles. The zero-order valence-corrected chi connectivity index (χ0v) is 16.7. The first kappa shape index (κ1) is 21.5. The second-order valence-corrected chi connectivity index (χ2v) is 8.32. The van der Waals surface area contributed by atoms with Crippen LogP contribution in [0.1, 0.15) is 54.9 Å². The predicted octanol–water partition coefficient (Wildman–Crippen LogP) is 3.39.